The monoisotopic (exact) mass is 187 g/mol. The Morgan fingerprint density at radius 2 is 1.44 bits per heavy atom. The average Bonchev–Trinajstić information content (AvgIpc) is 2.08. The SMILES string of the molecule is ClC(Cl)(Cl)N1CCCC1. The van der Waals surface area contributed by atoms with Gasteiger partial charge in [-0.3, -0.25) is 4.90 Å². The standard InChI is InChI=1S/C5H8Cl3N/c6-5(7,8)9-3-1-2-4-9/h1-4H2. The normalized spacial score (nSPS) is 23.0. The second kappa shape index (κ2) is 2.83. The maximum absolute atomic E-state index is 5.60. The van der Waals surface area contributed by atoms with E-state index < -0.39 is 3.92 Å². The molecule has 0 aromatic heterocycles. The van der Waals surface area contributed by atoms with E-state index >= 15 is 0 Å². The van der Waals surface area contributed by atoms with Gasteiger partial charge in [-0.25, -0.2) is 0 Å². The summed E-state index contributed by atoms with van der Waals surface area (Å²) in [5, 5.41) is 0. The Morgan fingerprint density at radius 3 is 1.67 bits per heavy atom. The number of hydrogen-bond acceptors (Lipinski definition) is 1. The van der Waals surface area contributed by atoms with Crippen LogP contribution in [0.25, 0.3) is 0 Å². The van der Waals surface area contributed by atoms with Crippen molar-refractivity contribution >= 4 is 34.8 Å². The van der Waals surface area contributed by atoms with Crippen molar-refractivity contribution in [3.05, 3.63) is 0 Å². The van der Waals surface area contributed by atoms with Gasteiger partial charge in [0.2, 0.25) is 3.92 Å². The summed E-state index contributed by atoms with van der Waals surface area (Å²) >= 11 is 16.8. The molecule has 0 spiro atoms. The van der Waals surface area contributed by atoms with E-state index in [1.807, 2.05) is 4.90 Å². The van der Waals surface area contributed by atoms with Gasteiger partial charge < -0.3 is 0 Å². The molecule has 4 heteroatoms. The van der Waals surface area contributed by atoms with Crippen LogP contribution in [0.5, 0.6) is 0 Å². The van der Waals surface area contributed by atoms with Crippen LogP contribution in [0.1, 0.15) is 12.8 Å². The summed E-state index contributed by atoms with van der Waals surface area (Å²) in [6.07, 6.45) is 2.29. The highest BCUT2D eigenvalue weighted by molar-refractivity contribution is 6.67. The molecular weight excluding hydrogens is 180 g/mol. The molecule has 0 aromatic carbocycles. The Labute approximate surface area is 69.9 Å². The molecule has 1 heterocycles. The summed E-state index contributed by atoms with van der Waals surface area (Å²) < 4.78 is -1.17. The number of nitrogens with zero attached hydrogens (tertiary/aromatic N) is 1. The predicted molar refractivity (Wildman–Crippen MR) is 41.1 cm³/mol. The summed E-state index contributed by atoms with van der Waals surface area (Å²) in [4.78, 5) is 1.84. The zero-order chi connectivity index (χ0) is 6.91. The van der Waals surface area contributed by atoms with Crippen molar-refractivity contribution < 1.29 is 0 Å². The van der Waals surface area contributed by atoms with E-state index in [-0.39, 0.29) is 0 Å². The third kappa shape index (κ3) is 2.15. The maximum Gasteiger partial charge on any atom is 0.247 e. The first-order valence-corrected chi connectivity index (χ1v) is 4.06. The van der Waals surface area contributed by atoms with Gasteiger partial charge in [0, 0.05) is 13.1 Å². The topological polar surface area (TPSA) is 3.24 Å². The first kappa shape index (κ1) is 7.93. The fourth-order valence-corrected chi connectivity index (χ4v) is 1.48. The lowest BCUT2D eigenvalue weighted by molar-refractivity contribution is 0.343. The lowest BCUT2D eigenvalue weighted by Gasteiger charge is -2.22. The largest absolute Gasteiger partial charge is 0.259 e. The quantitative estimate of drug-likeness (QED) is 0.417. The Hall–Kier alpha value is 0.830. The zero-order valence-corrected chi connectivity index (χ0v) is 7.18. The number of rotatable bonds is 0. The van der Waals surface area contributed by atoms with Crippen LogP contribution in [0.4, 0.5) is 0 Å². The minimum Gasteiger partial charge on any atom is -0.259 e. The highest BCUT2D eigenvalue weighted by Gasteiger charge is 2.31. The Kier molecular flexibility index (Phi) is 2.49. The Balaban J connectivity index is 2.42. The third-order valence-electron chi connectivity index (χ3n) is 1.46. The van der Waals surface area contributed by atoms with Crippen LogP contribution in [0.15, 0.2) is 0 Å². The minimum atomic E-state index is -1.17. The van der Waals surface area contributed by atoms with E-state index in [4.69, 9.17) is 34.8 Å². The molecule has 0 atom stereocenters. The first-order valence-electron chi connectivity index (χ1n) is 2.92. The van der Waals surface area contributed by atoms with Crippen LogP contribution in [0.2, 0.25) is 0 Å². The fourth-order valence-electron chi connectivity index (χ4n) is 0.971. The van der Waals surface area contributed by atoms with Crippen molar-refractivity contribution in [3.63, 3.8) is 0 Å². The van der Waals surface area contributed by atoms with Gasteiger partial charge in [-0.1, -0.05) is 34.8 Å². The van der Waals surface area contributed by atoms with E-state index in [2.05, 4.69) is 0 Å². The van der Waals surface area contributed by atoms with E-state index in [0.29, 0.717) is 0 Å². The molecule has 1 aliphatic rings. The average molecular weight is 188 g/mol. The summed E-state index contributed by atoms with van der Waals surface area (Å²) in [5.74, 6) is 0. The molecular formula is C5H8Cl3N. The summed E-state index contributed by atoms with van der Waals surface area (Å²) in [7, 11) is 0. The predicted octanol–water partition coefficient (Wildman–Crippen LogP) is 2.41. The van der Waals surface area contributed by atoms with Crippen molar-refractivity contribution in [2.24, 2.45) is 0 Å². The molecule has 1 aliphatic heterocycles. The molecule has 1 fully saturated rings. The highest BCUT2D eigenvalue weighted by atomic mass is 35.6. The highest BCUT2D eigenvalue weighted by Crippen LogP contribution is 2.33. The molecule has 0 amide bonds. The molecule has 0 N–H and O–H groups in total. The van der Waals surface area contributed by atoms with Gasteiger partial charge in [0.05, 0.1) is 0 Å². The van der Waals surface area contributed by atoms with Gasteiger partial charge in [0.1, 0.15) is 0 Å². The number of alkyl halides is 3. The molecule has 0 saturated carbocycles. The van der Waals surface area contributed by atoms with E-state index in [1.165, 1.54) is 0 Å². The molecule has 1 nitrogen and oxygen atoms in total. The molecule has 0 radical (unpaired) electrons. The van der Waals surface area contributed by atoms with Crippen LogP contribution in [0, 0.1) is 0 Å². The smallest absolute Gasteiger partial charge is 0.247 e. The van der Waals surface area contributed by atoms with Crippen molar-refractivity contribution in [2.75, 3.05) is 13.1 Å². The van der Waals surface area contributed by atoms with Crippen LogP contribution in [-0.4, -0.2) is 21.9 Å². The van der Waals surface area contributed by atoms with Gasteiger partial charge in [-0.2, -0.15) is 0 Å². The van der Waals surface area contributed by atoms with Crippen LogP contribution < -0.4 is 0 Å². The number of halogens is 3. The van der Waals surface area contributed by atoms with Crippen molar-refractivity contribution in [1.29, 1.82) is 0 Å². The van der Waals surface area contributed by atoms with E-state index in [9.17, 15) is 0 Å². The lowest BCUT2D eigenvalue weighted by Crippen LogP contribution is -2.31. The van der Waals surface area contributed by atoms with Crippen molar-refractivity contribution in [3.8, 4) is 0 Å². The number of hydrogen-bond donors (Lipinski definition) is 0. The maximum atomic E-state index is 5.60. The number of likely N-dealkylation sites (tertiary alicyclic amines) is 1. The van der Waals surface area contributed by atoms with E-state index in [1.54, 1.807) is 0 Å². The van der Waals surface area contributed by atoms with Gasteiger partial charge in [-0.05, 0) is 12.8 Å². The van der Waals surface area contributed by atoms with Gasteiger partial charge in [-0.15, -0.1) is 0 Å². The zero-order valence-electron chi connectivity index (χ0n) is 4.91. The minimum absolute atomic E-state index is 0.913. The second-order valence-corrected chi connectivity index (χ2v) is 4.38. The summed E-state index contributed by atoms with van der Waals surface area (Å²) in [6.45, 7) is 1.83. The molecule has 0 aromatic rings. The fraction of sp³-hybridized carbons (Fsp3) is 1.00. The third-order valence-corrected chi connectivity index (χ3v) is 2.18. The Morgan fingerprint density at radius 1 is 1.00 bits per heavy atom. The van der Waals surface area contributed by atoms with Crippen molar-refractivity contribution in [1.82, 2.24) is 4.90 Å². The summed E-state index contributed by atoms with van der Waals surface area (Å²) in [5.41, 5.74) is 0. The lowest BCUT2D eigenvalue weighted by atomic mass is 10.4. The van der Waals surface area contributed by atoms with Gasteiger partial charge in [0.25, 0.3) is 0 Å². The molecule has 9 heavy (non-hydrogen) atoms. The first-order chi connectivity index (χ1) is 4.11. The molecule has 0 unspecified atom stereocenters. The van der Waals surface area contributed by atoms with Crippen molar-refractivity contribution in [2.45, 2.75) is 16.8 Å². The summed E-state index contributed by atoms with van der Waals surface area (Å²) in [6, 6.07) is 0. The second-order valence-electron chi connectivity index (χ2n) is 2.16. The van der Waals surface area contributed by atoms with Gasteiger partial charge >= 0.3 is 0 Å². The molecule has 1 rings (SSSR count). The molecule has 0 bridgehead atoms. The molecule has 54 valence electrons. The molecule has 1 saturated heterocycles. The van der Waals surface area contributed by atoms with Crippen LogP contribution >= 0.6 is 34.8 Å². The van der Waals surface area contributed by atoms with E-state index in [0.717, 1.165) is 25.9 Å². The Bertz CT molecular complexity index is 92.9. The van der Waals surface area contributed by atoms with Crippen LogP contribution in [0.3, 0.4) is 0 Å². The van der Waals surface area contributed by atoms with Crippen LogP contribution in [-0.2, 0) is 0 Å². The van der Waals surface area contributed by atoms with Gasteiger partial charge in [0.15, 0.2) is 0 Å². The molecule has 0 aliphatic carbocycles.